The van der Waals surface area contributed by atoms with E-state index in [2.05, 4.69) is 0 Å². The average Bonchev–Trinajstić information content (AvgIpc) is 2.45. The van der Waals surface area contributed by atoms with Gasteiger partial charge in [0.15, 0.2) is 0 Å². The van der Waals surface area contributed by atoms with Crippen LogP contribution in [0, 0.1) is 11.3 Å². The van der Waals surface area contributed by atoms with Gasteiger partial charge < -0.3 is 15.7 Å². The Labute approximate surface area is 126 Å². The molecular formula is C15H12ClN3O2. The van der Waals surface area contributed by atoms with Crippen LogP contribution in [0.1, 0.15) is 15.9 Å². The Hall–Kier alpha value is -2.71. The molecule has 0 aromatic heterocycles. The van der Waals surface area contributed by atoms with E-state index in [0.29, 0.717) is 16.9 Å². The lowest BCUT2D eigenvalue weighted by Crippen LogP contribution is -2.15. The van der Waals surface area contributed by atoms with E-state index in [9.17, 15) is 9.90 Å². The van der Waals surface area contributed by atoms with Gasteiger partial charge in [-0.1, -0.05) is 17.7 Å². The van der Waals surface area contributed by atoms with Crippen LogP contribution in [0.25, 0.3) is 0 Å². The van der Waals surface area contributed by atoms with Crippen LogP contribution in [0.3, 0.4) is 0 Å². The molecule has 0 unspecified atom stereocenters. The minimum atomic E-state index is -1.12. The summed E-state index contributed by atoms with van der Waals surface area (Å²) in [5.74, 6) is -1.12. The number of carbonyl (C=O) groups is 1. The highest BCUT2D eigenvalue weighted by molar-refractivity contribution is 6.34. The predicted molar refractivity (Wildman–Crippen MR) is 82.0 cm³/mol. The van der Waals surface area contributed by atoms with Gasteiger partial charge in [-0.2, -0.15) is 5.26 Å². The molecule has 0 radical (unpaired) electrons. The van der Waals surface area contributed by atoms with Crippen molar-refractivity contribution in [3.8, 4) is 6.07 Å². The summed E-state index contributed by atoms with van der Waals surface area (Å²) in [6.07, 6.45) is 0. The van der Waals surface area contributed by atoms with Crippen molar-refractivity contribution in [3.05, 3.63) is 52.5 Å². The van der Waals surface area contributed by atoms with Gasteiger partial charge in [-0.25, -0.2) is 4.79 Å². The monoisotopic (exact) mass is 301 g/mol. The molecule has 0 fully saturated rings. The molecule has 0 aliphatic carbocycles. The van der Waals surface area contributed by atoms with Gasteiger partial charge in [0, 0.05) is 18.4 Å². The highest BCUT2D eigenvalue weighted by Gasteiger charge is 2.19. The number of carboxylic acid groups (broad SMARTS) is 1. The summed E-state index contributed by atoms with van der Waals surface area (Å²) in [5, 5.41) is 18.5. The Kier molecular flexibility index (Phi) is 4.01. The standard InChI is InChI=1S/C15H12ClN3O2/c1-19(11-4-2-3-9(5-11)8-17)14-12(15(20)21)6-10(18)7-13(14)16/h2-7H,18H2,1H3,(H,20,21). The quantitative estimate of drug-likeness (QED) is 0.849. The number of nitriles is 1. The first kappa shape index (κ1) is 14.7. The van der Waals surface area contributed by atoms with E-state index in [-0.39, 0.29) is 16.3 Å². The molecule has 0 saturated carbocycles. The van der Waals surface area contributed by atoms with Gasteiger partial charge in [-0.15, -0.1) is 0 Å². The van der Waals surface area contributed by atoms with E-state index in [4.69, 9.17) is 22.6 Å². The zero-order valence-corrected chi connectivity index (χ0v) is 11.9. The zero-order valence-electron chi connectivity index (χ0n) is 11.2. The molecule has 5 nitrogen and oxygen atoms in total. The molecular weight excluding hydrogens is 290 g/mol. The SMILES string of the molecule is CN(c1cccc(C#N)c1)c1c(Cl)cc(N)cc1C(=O)O. The van der Waals surface area contributed by atoms with Gasteiger partial charge in [-0.05, 0) is 30.3 Å². The third-order valence-corrected chi connectivity index (χ3v) is 3.30. The summed E-state index contributed by atoms with van der Waals surface area (Å²) in [4.78, 5) is 13.0. The number of nitrogens with two attached hydrogens (primary N) is 1. The van der Waals surface area contributed by atoms with Crippen LogP contribution < -0.4 is 10.6 Å². The molecule has 6 heteroatoms. The van der Waals surface area contributed by atoms with E-state index in [1.807, 2.05) is 6.07 Å². The minimum absolute atomic E-state index is 0.00450. The topological polar surface area (TPSA) is 90.4 Å². The molecule has 2 aromatic carbocycles. The van der Waals surface area contributed by atoms with Crippen LogP contribution in [0.4, 0.5) is 17.1 Å². The molecule has 0 heterocycles. The summed E-state index contributed by atoms with van der Waals surface area (Å²) in [6, 6.07) is 11.7. The van der Waals surface area contributed by atoms with E-state index in [1.165, 1.54) is 12.1 Å². The van der Waals surface area contributed by atoms with Gasteiger partial charge in [-0.3, -0.25) is 0 Å². The van der Waals surface area contributed by atoms with Gasteiger partial charge >= 0.3 is 5.97 Å². The molecule has 0 atom stereocenters. The molecule has 21 heavy (non-hydrogen) atoms. The second-order valence-corrected chi connectivity index (χ2v) is 4.83. The van der Waals surface area contributed by atoms with Crippen LogP contribution in [-0.2, 0) is 0 Å². The fourth-order valence-corrected chi connectivity index (χ4v) is 2.39. The van der Waals surface area contributed by atoms with Crippen LogP contribution in [0.2, 0.25) is 5.02 Å². The van der Waals surface area contributed by atoms with Crippen LogP contribution in [0.5, 0.6) is 0 Å². The highest BCUT2D eigenvalue weighted by atomic mass is 35.5. The normalized spacial score (nSPS) is 9.95. The maximum absolute atomic E-state index is 11.4. The Morgan fingerprint density at radius 1 is 1.38 bits per heavy atom. The van der Waals surface area contributed by atoms with Crippen molar-refractivity contribution < 1.29 is 9.90 Å². The number of nitrogen functional groups attached to an aromatic ring is 1. The van der Waals surface area contributed by atoms with E-state index in [0.717, 1.165) is 0 Å². The number of carboxylic acids is 1. The van der Waals surface area contributed by atoms with E-state index in [1.54, 1.807) is 36.2 Å². The highest BCUT2D eigenvalue weighted by Crippen LogP contribution is 2.36. The van der Waals surface area contributed by atoms with E-state index < -0.39 is 5.97 Å². The van der Waals surface area contributed by atoms with E-state index >= 15 is 0 Å². The Balaban J connectivity index is 2.60. The molecule has 0 saturated heterocycles. The molecule has 0 bridgehead atoms. The molecule has 0 aliphatic rings. The number of hydrogen-bond acceptors (Lipinski definition) is 4. The third-order valence-electron chi connectivity index (χ3n) is 3.01. The summed E-state index contributed by atoms with van der Waals surface area (Å²) in [7, 11) is 1.68. The maximum atomic E-state index is 11.4. The first-order valence-corrected chi connectivity index (χ1v) is 6.38. The second kappa shape index (κ2) is 5.73. The number of nitrogens with zero attached hydrogens (tertiary/aromatic N) is 2. The summed E-state index contributed by atoms with van der Waals surface area (Å²) in [6.45, 7) is 0. The van der Waals surface area contributed by atoms with Crippen molar-refractivity contribution in [3.63, 3.8) is 0 Å². The lowest BCUT2D eigenvalue weighted by Gasteiger charge is -2.23. The number of benzene rings is 2. The average molecular weight is 302 g/mol. The zero-order chi connectivity index (χ0) is 15.6. The van der Waals surface area contributed by atoms with Gasteiger partial charge in [0.2, 0.25) is 0 Å². The van der Waals surface area contributed by atoms with Gasteiger partial charge in [0.25, 0.3) is 0 Å². The van der Waals surface area contributed by atoms with Gasteiger partial charge in [0.1, 0.15) is 0 Å². The fraction of sp³-hybridized carbons (Fsp3) is 0.0667. The van der Waals surface area contributed by atoms with Crippen molar-refractivity contribution in [2.45, 2.75) is 0 Å². The lowest BCUT2D eigenvalue weighted by atomic mass is 10.1. The molecule has 0 spiro atoms. The molecule has 2 aromatic rings. The fourth-order valence-electron chi connectivity index (χ4n) is 2.04. The number of halogens is 1. The molecule has 0 amide bonds. The smallest absolute Gasteiger partial charge is 0.337 e. The number of hydrogen-bond donors (Lipinski definition) is 2. The maximum Gasteiger partial charge on any atom is 0.337 e. The molecule has 0 aliphatic heterocycles. The summed E-state index contributed by atoms with van der Waals surface area (Å²) >= 11 is 6.15. The van der Waals surface area contributed by atoms with Crippen molar-refractivity contribution in [2.24, 2.45) is 0 Å². The van der Waals surface area contributed by atoms with Crippen LogP contribution in [0.15, 0.2) is 36.4 Å². The summed E-state index contributed by atoms with van der Waals surface area (Å²) < 4.78 is 0. The Morgan fingerprint density at radius 2 is 2.10 bits per heavy atom. The molecule has 106 valence electrons. The van der Waals surface area contributed by atoms with Crippen molar-refractivity contribution in [1.82, 2.24) is 0 Å². The Morgan fingerprint density at radius 3 is 2.71 bits per heavy atom. The molecule has 2 rings (SSSR count). The molecule has 3 N–H and O–H groups in total. The van der Waals surface area contributed by atoms with Crippen molar-refractivity contribution >= 4 is 34.6 Å². The largest absolute Gasteiger partial charge is 0.478 e. The van der Waals surface area contributed by atoms with Crippen LogP contribution >= 0.6 is 11.6 Å². The first-order chi connectivity index (χ1) is 9.93. The minimum Gasteiger partial charge on any atom is -0.478 e. The third kappa shape index (κ3) is 2.91. The van der Waals surface area contributed by atoms with Crippen molar-refractivity contribution in [2.75, 3.05) is 17.7 Å². The predicted octanol–water partition coefficient (Wildman–Crippen LogP) is 3.26. The van der Waals surface area contributed by atoms with Gasteiger partial charge in [0.05, 0.1) is 27.9 Å². The number of rotatable bonds is 3. The number of aromatic carboxylic acids is 1. The summed E-state index contributed by atoms with van der Waals surface area (Å²) in [5.41, 5.74) is 7.38. The van der Waals surface area contributed by atoms with Crippen molar-refractivity contribution in [1.29, 1.82) is 5.26 Å². The second-order valence-electron chi connectivity index (χ2n) is 4.43. The number of anilines is 3. The Bertz CT molecular complexity index is 753. The van der Waals surface area contributed by atoms with Crippen LogP contribution in [-0.4, -0.2) is 18.1 Å². The first-order valence-electron chi connectivity index (χ1n) is 6.00. The lowest BCUT2D eigenvalue weighted by molar-refractivity contribution is 0.0697.